The van der Waals surface area contributed by atoms with Crippen LogP contribution in [0.3, 0.4) is 0 Å². The van der Waals surface area contributed by atoms with E-state index in [2.05, 4.69) is 75.5 Å². The molecular formula is C24H39NO. The molecule has 26 heavy (non-hydrogen) atoms. The Morgan fingerprint density at radius 2 is 1.92 bits per heavy atom. The van der Waals surface area contributed by atoms with Crippen molar-refractivity contribution < 1.29 is 4.74 Å². The number of hydrogen-bond donors (Lipinski definition) is 1. The molecule has 1 aromatic rings. The SMILES string of the molecule is CC(C)CC[C@H](CCNCC=Cc1ccccc1)[C@H]1CCOC(C)(C)C1. The van der Waals surface area contributed by atoms with Crippen LogP contribution in [0.15, 0.2) is 36.4 Å². The summed E-state index contributed by atoms with van der Waals surface area (Å²) in [5.74, 6) is 2.44. The molecule has 0 unspecified atom stereocenters. The normalized spacial score (nSPS) is 21.3. The molecular weight excluding hydrogens is 318 g/mol. The van der Waals surface area contributed by atoms with Gasteiger partial charge in [-0.25, -0.2) is 0 Å². The maximum atomic E-state index is 5.95. The molecule has 2 rings (SSSR count). The third-order valence-corrected chi connectivity index (χ3v) is 5.58. The largest absolute Gasteiger partial charge is 0.376 e. The van der Waals surface area contributed by atoms with E-state index in [1.54, 1.807) is 0 Å². The van der Waals surface area contributed by atoms with E-state index in [1.807, 2.05) is 0 Å². The molecule has 2 heteroatoms. The zero-order valence-corrected chi connectivity index (χ0v) is 17.3. The van der Waals surface area contributed by atoms with Gasteiger partial charge in [0.25, 0.3) is 0 Å². The van der Waals surface area contributed by atoms with Crippen molar-refractivity contribution in [3.63, 3.8) is 0 Å². The van der Waals surface area contributed by atoms with Crippen LogP contribution in [-0.2, 0) is 4.74 Å². The van der Waals surface area contributed by atoms with E-state index in [4.69, 9.17) is 4.74 Å². The molecule has 0 aliphatic carbocycles. The van der Waals surface area contributed by atoms with E-state index in [-0.39, 0.29) is 5.60 Å². The molecule has 146 valence electrons. The highest BCUT2D eigenvalue weighted by Gasteiger charge is 2.33. The predicted molar refractivity (Wildman–Crippen MR) is 113 cm³/mol. The van der Waals surface area contributed by atoms with Crippen LogP contribution in [0.25, 0.3) is 6.08 Å². The minimum Gasteiger partial charge on any atom is -0.376 e. The standard InChI is InChI=1S/C24H39NO/c1-20(2)12-13-22(23-15-18-26-24(3,4)19-23)14-17-25-16-8-11-21-9-6-5-7-10-21/h5-11,20,22-23,25H,12-19H2,1-4H3/t22-,23+/m1/s1. The quantitative estimate of drug-likeness (QED) is 0.523. The van der Waals surface area contributed by atoms with Gasteiger partial charge in [0.2, 0.25) is 0 Å². The summed E-state index contributed by atoms with van der Waals surface area (Å²) in [6, 6.07) is 10.5. The molecule has 1 saturated heterocycles. The number of ether oxygens (including phenoxy) is 1. The average Bonchev–Trinajstić information content (AvgIpc) is 2.60. The van der Waals surface area contributed by atoms with Crippen LogP contribution in [-0.4, -0.2) is 25.3 Å². The average molecular weight is 358 g/mol. The first-order valence-corrected chi connectivity index (χ1v) is 10.5. The van der Waals surface area contributed by atoms with Crippen molar-refractivity contribution in [3.8, 4) is 0 Å². The fourth-order valence-electron chi connectivity index (χ4n) is 4.08. The van der Waals surface area contributed by atoms with Gasteiger partial charge in [0.1, 0.15) is 0 Å². The van der Waals surface area contributed by atoms with Gasteiger partial charge in [-0.3, -0.25) is 0 Å². The maximum Gasteiger partial charge on any atom is 0.0629 e. The molecule has 0 aromatic heterocycles. The first-order valence-electron chi connectivity index (χ1n) is 10.5. The van der Waals surface area contributed by atoms with Crippen LogP contribution < -0.4 is 5.32 Å². The number of benzene rings is 1. The topological polar surface area (TPSA) is 21.3 Å². The second-order valence-electron chi connectivity index (χ2n) is 8.90. The van der Waals surface area contributed by atoms with Gasteiger partial charge in [0.05, 0.1) is 5.60 Å². The Hall–Kier alpha value is -1.12. The molecule has 2 nitrogen and oxygen atoms in total. The monoisotopic (exact) mass is 357 g/mol. The second kappa shape index (κ2) is 10.9. The maximum absolute atomic E-state index is 5.95. The summed E-state index contributed by atoms with van der Waals surface area (Å²) < 4.78 is 5.95. The van der Waals surface area contributed by atoms with Crippen LogP contribution >= 0.6 is 0 Å². The summed E-state index contributed by atoms with van der Waals surface area (Å²) in [4.78, 5) is 0. The van der Waals surface area contributed by atoms with Gasteiger partial charge >= 0.3 is 0 Å². The van der Waals surface area contributed by atoms with Gasteiger partial charge in [-0.15, -0.1) is 0 Å². The van der Waals surface area contributed by atoms with Gasteiger partial charge in [-0.1, -0.05) is 62.8 Å². The molecule has 0 amide bonds. The zero-order chi connectivity index (χ0) is 18.8. The van der Waals surface area contributed by atoms with E-state index < -0.39 is 0 Å². The molecule has 0 spiro atoms. The summed E-state index contributed by atoms with van der Waals surface area (Å²) in [5.41, 5.74) is 1.33. The lowest BCUT2D eigenvalue weighted by Gasteiger charge is -2.39. The van der Waals surface area contributed by atoms with Gasteiger partial charge in [0.15, 0.2) is 0 Å². The minimum absolute atomic E-state index is 0.0604. The van der Waals surface area contributed by atoms with Crippen molar-refractivity contribution >= 4 is 6.08 Å². The van der Waals surface area contributed by atoms with Gasteiger partial charge < -0.3 is 10.1 Å². The van der Waals surface area contributed by atoms with E-state index >= 15 is 0 Å². The predicted octanol–water partition coefficient (Wildman–Crippen LogP) is 5.94. The van der Waals surface area contributed by atoms with Gasteiger partial charge in [-0.05, 0) is 69.4 Å². The van der Waals surface area contributed by atoms with E-state index in [9.17, 15) is 0 Å². The summed E-state index contributed by atoms with van der Waals surface area (Å²) in [6.45, 7) is 12.2. The number of rotatable bonds is 10. The molecule has 1 aromatic carbocycles. The minimum atomic E-state index is 0.0604. The van der Waals surface area contributed by atoms with Crippen molar-refractivity contribution in [2.45, 2.75) is 65.4 Å². The summed E-state index contributed by atoms with van der Waals surface area (Å²) >= 11 is 0. The van der Waals surface area contributed by atoms with Crippen LogP contribution in [0.1, 0.15) is 65.4 Å². The van der Waals surface area contributed by atoms with E-state index in [1.165, 1.54) is 37.7 Å². The lowest BCUT2D eigenvalue weighted by Crippen LogP contribution is -2.37. The third-order valence-electron chi connectivity index (χ3n) is 5.58. The van der Waals surface area contributed by atoms with E-state index in [0.717, 1.165) is 37.5 Å². The number of hydrogen-bond acceptors (Lipinski definition) is 2. The van der Waals surface area contributed by atoms with Gasteiger partial charge in [0, 0.05) is 13.2 Å². The van der Waals surface area contributed by atoms with Crippen molar-refractivity contribution in [1.29, 1.82) is 0 Å². The lowest BCUT2D eigenvalue weighted by atomic mass is 9.75. The first kappa shape index (κ1) is 21.2. The van der Waals surface area contributed by atoms with Crippen LogP contribution in [0, 0.1) is 17.8 Å². The Balaban J connectivity index is 1.76. The third kappa shape index (κ3) is 8.05. The molecule has 0 radical (unpaired) electrons. The zero-order valence-electron chi connectivity index (χ0n) is 17.3. The Kier molecular flexibility index (Phi) is 8.87. The van der Waals surface area contributed by atoms with E-state index in [0.29, 0.717) is 0 Å². The van der Waals surface area contributed by atoms with Crippen LogP contribution in [0.5, 0.6) is 0 Å². The Morgan fingerprint density at radius 3 is 2.62 bits per heavy atom. The van der Waals surface area contributed by atoms with Gasteiger partial charge in [-0.2, -0.15) is 0 Å². The Labute approximate surface area is 161 Å². The molecule has 0 saturated carbocycles. The molecule has 1 fully saturated rings. The second-order valence-corrected chi connectivity index (χ2v) is 8.90. The highest BCUT2D eigenvalue weighted by atomic mass is 16.5. The Bertz CT molecular complexity index is 520. The number of nitrogens with one attached hydrogen (secondary N) is 1. The Morgan fingerprint density at radius 1 is 1.15 bits per heavy atom. The first-order chi connectivity index (χ1) is 12.5. The van der Waals surface area contributed by atoms with Crippen LogP contribution in [0.2, 0.25) is 0 Å². The molecule has 2 atom stereocenters. The lowest BCUT2D eigenvalue weighted by molar-refractivity contribution is -0.0839. The summed E-state index contributed by atoms with van der Waals surface area (Å²) in [6.07, 6.45) is 10.9. The molecule has 0 bridgehead atoms. The van der Waals surface area contributed by atoms with Crippen molar-refractivity contribution in [3.05, 3.63) is 42.0 Å². The smallest absolute Gasteiger partial charge is 0.0629 e. The van der Waals surface area contributed by atoms with Crippen molar-refractivity contribution in [2.24, 2.45) is 17.8 Å². The molecule has 1 aliphatic heterocycles. The molecule has 1 N–H and O–H groups in total. The van der Waals surface area contributed by atoms with Crippen LogP contribution in [0.4, 0.5) is 0 Å². The fourth-order valence-corrected chi connectivity index (χ4v) is 4.08. The summed E-state index contributed by atoms with van der Waals surface area (Å²) in [5, 5.41) is 3.62. The molecule has 1 aliphatic rings. The summed E-state index contributed by atoms with van der Waals surface area (Å²) in [7, 11) is 0. The highest BCUT2D eigenvalue weighted by molar-refractivity contribution is 5.48. The fraction of sp³-hybridized carbons (Fsp3) is 0.667. The van der Waals surface area contributed by atoms with Crippen molar-refractivity contribution in [2.75, 3.05) is 19.7 Å². The molecule has 1 heterocycles. The van der Waals surface area contributed by atoms with Crippen molar-refractivity contribution in [1.82, 2.24) is 5.32 Å². The highest BCUT2D eigenvalue weighted by Crippen LogP contribution is 2.37.